The molecule has 0 atom stereocenters. The van der Waals surface area contributed by atoms with Crippen LogP contribution in [0.5, 0.6) is 5.75 Å². The van der Waals surface area contributed by atoms with Gasteiger partial charge in [-0.1, -0.05) is 29.5 Å². The fraction of sp³-hybridized carbons (Fsp3) is 0.0588. The number of nitrogens with one attached hydrogen (secondary N) is 1. The second-order valence-electron chi connectivity index (χ2n) is 5.17. The zero-order valence-corrected chi connectivity index (χ0v) is 14.0. The molecule has 0 aliphatic carbocycles. The molecule has 124 valence electrons. The van der Waals surface area contributed by atoms with Crippen molar-refractivity contribution in [3.05, 3.63) is 60.2 Å². The van der Waals surface area contributed by atoms with Gasteiger partial charge in [0.05, 0.1) is 7.11 Å². The Morgan fingerprint density at radius 3 is 2.56 bits per heavy atom. The van der Waals surface area contributed by atoms with Crippen LogP contribution in [0.15, 0.2) is 54.6 Å². The van der Waals surface area contributed by atoms with E-state index < -0.39 is 0 Å². The summed E-state index contributed by atoms with van der Waals surface area (Å²) in [6, 6.07) is 16.5. The second kappa shape index (κ2) is 6.33. The molecule has 0 bridgehead atoms. The van der Waals surface area contributed by atoms with Crippen LogP contribution < -0.4 is 10.1 Å². The molecule has 0 aliphatic heterocycles. The Bertz CT molecular complexity index is 1020. The van der Waals surface area contributed by atoms with Crippen LogP contribution in [-0.4, -0.2) is 32.8 Å². The summed E-state index contributed by atoms with van der Waals surface area (Å²) in [5.74, 6) is 1.16. The molecule has 1 N–H and O–H groups in total. The fourth-order valence-corrected chi connectivity index (χ4v) is 3.08. The third kappa shape index (κ3) is 2.94. The van der Waals surface area contributed by atoms with E-state index in [9.17, 15) is 4.79 Å². The number of carbonyl (C=O) groups is 1. The Morgan fingerprint density at radius 2 is 1.84 bits per heavy atom. The van der Waals surface area contributed by atoms with E-state index in [-0.39, 0.29) is 5.91 Å². The Hall–Kier alpha value is -3.26. The Balaban J connectivity index is 1.63. The SMILES string of the molecule is COc1ccc(-c2nnc3sc(NC(=O)c4ccccc4)nn23)cc1. The number of methoxy groups -OCH3 is 1. The van der Waals surface area contributed by atoms with Gasteiger partial charge in [0.25, 0.3) is 5.91 Å². The number of hydrogen-bond donors (Lipinski definition) is 1. The predicted octanol–water partition coefficient (Wildman–Crippen LogP) is 3.11. The molecule has 0 radical (unpaired) electrons. The smallest absolute Gasteiger partial charge is 0.257 e. The van der Waals surface area contributed by atoms with Crippen molar-refractivity contribution >= 4 is 27.3 Å². The monoisotopic (exact) mass is 351 g/mol. The van der Waals surface area contributed by atoms with Gasteiger partial charge in [0.2, 0.25) is 10.1 Å². The summed E-state index contributed by atoms with van der Waals surface area (Å²) in [5.41, 5.74) is 1.43. The Morgan fingerprint density at radius 1 is 1.08 bits per heavy atom. The molecule has 4 aromatic rings. The number of hydrogen-bond acceptors (Lipinski definition) is 6. The molecule has 1 amide bonds. The number of aromatic nitrogens is 4. The average molecular weight is 351 g/mol. The van der Waals surface area contributed by atoms with Crippen molar-refractivity contribution in [3.63, 3.8) is 0 Å². The molecular weight excluding hydrogens is 338 g/mol. The van der Waals surface area contributed by atoms with E-state index in [1.807, 2.05) is 42.5 Å². The van der Waals surface area contributed by atoms with E-state index in [1.165, 1.54) is 11.3 Å². The van der Waals surface area contributed by atoms with Gasteiger partial charge < -0.3 is 4.74 Å². The highest BCUT2D eigenvalue weighted by Crippen LogP contribution is 2.25. The lowest BCUT2D eigenvalue weighted by atomic mass is 10.2. The minimum atomic E-state index is -0.212. The van der Waals surface area contributed by atoms with Crippen molar-refractivity contribution < 1.29 is 9.53 Å². The first-order valence-corrected chi connectivity index (χ1v) is 8.29. The quantitative estimate of drug-likeness (QED) is 0.611. The van der Waals surface area contributed by atoms with E-state index in [1.54, 1.807) is 23.8 Å². The number of rotatable bonds is 4. The first-order chi connectivity index (χ1) is 12.2. The van der Waals surface area contributed by atoms with E-state index in [4.69, 9.17) is 4.74 Å². The maximum absolute atomic E-state index is 12.2. The number of ether oxygens (including phenoxy) is 1. The van der Waals surface area contributed by atoms with E-state index in [0.29, 0.717) is 21.5 Å². The first kappa shape index (κ1) is 15.3. The zero-order valence-electron chi connectivity index (χ0n) is 13.2. The summed E-state index contributed by atoms with van der Waals surface area (Å²) in [6.45, 7) is 0. The Labute approximate surface area is 146 Å². The molecule has 4 rings (SSSR count). The predicted molar refractivity (Wildman–Crippen MR) is 95.0 cm³/mol. The highest BCUT2D eigenvalue weighted by molar-refractivity contribution is 7.20. The van der Waals surface area contributed by atoms with Gasteiger partial charge in [0, 0.05) is 11.1 Å². The van der Waals surface area contributed by atoms with Crippen molar-refractivity contribution in [3.8, 4) is 17.1 Å². The molecule has 7 nitrogen and oxygen atoms in total. The molecule has 0 saturated heterocycles. The molecule has 25 heavy (non-hydrogen) atoms. The third-order valence-electron chi connectivity index (χ3n) is 3.60. The summed E-state index contributed by atoms with van der Waals surface area (Å²) in [5, 5.41) is 16.0. The highest BCUT2D eigenvalue weighted by atomic mass is 32.1. The van der Waals surface area contributed by atoms with Crippen LogP contribution in [0.25, 0.3) is 16.3 Å². The molecule has 0 spiro atoms. The van der Waals surface area contributed by atoms with Crippen LogP contribution >= 0.6 is 11.3 Å². The molecule has 8 heteroatoms. The Kier molecular flexibility index (Phi) is 3.87. The lowest BCUT2D eigenvalue weighted by molar-refractivity contribution is 0.102. The van der Waals surface area contributed by atoms with Gasteiger partial charge in [-0.05, 0) is 36.4 Å². The number of nitrogens with zero attached hydrogens (tertiary/aromatic N) is 4. The molecule has 0 aliphatic rings. The van der Waals surface area contributed by atoms with Crippen LogP contribution in [0.4, 0.5) is 5.13 Å². The first-order valence-electron chi connectivity index (χ1n) is 7.47. The molecule has 2 aromatic carbocycles. The molecule has 2 aromatic heterocycles. The van der Waals surface area contributed by atoms with Crippen molar-refractivity contribution in [2.45, 2.75) is 0 Å². The second-order valence-corrected chi connectivity index (χ2v) is 6.13. The standard InChI is InChI=1S/C17H13N5O2S/c1-24-13-9-7-11(8-10-13)14-19-20-17-22(14)21-16(25-17)18-15(23)12-5-3-2-4-6-12/h2-10H,1H3,(H,18,21,23). The summed E-state index contributed by atoms with van der Waals surface area (Å²) < 4.78 is 6.78. The topological polar surface area (TPSA) is 81.4 Å². The normalized spacial score (nSPS) is 10.8. The van der Waals surface area contributed by atoms with Crippen LogP contribution in [-0.2, 0) is 0 Å². The maximum atomic E-state index is 12.2. The minimum Gasteiger partial charge on any atom is -0.497 e. The molecule has 2 heterocycles. The molecule has 0 unspecified atom stereocenters. The molecule has 0 saturated carbocycles. The maximum Gasteiger partial charge on any atom is 0.257 e. The number of fused-ring (bicyclic) bond motifs is 1. The zero-order chi connectivity index (χ0) is 17.2. The molecule has 0 fully saturated rings. The number of amides is 1. The lowest BCUT2D eigenvalue weighted by Gasteiger charge is -2.01. The largest absolute Gasteiger partial charge is 0.497 e. The fourth-order valence-electron chi connectivity index (χ4n) is 2.35. The van der Waals surface area contributed by atoms with Gasteiger partial charge in [0.15, 0.2) is 5.82 Å². The summed E-state index contributed by atoms with van der Waals surface area (Å²) in [4.78, 5) is 12.8. The lowest BCUT2D eigenvalue weighted by Crippen LogP contribution is -2.11. The van der Waals surface area contributed by atoms with Crippen molar-refractivity contribution in [2.24, 2.45) is 0 Å². The average Bonchev–Trinajstić information content (AvgIpc) is 3.22. The van der Waals surface area contributed by atoms with E-state index in [0.717, 1.165) is 11.3 Å². The number of anilines is 1. The van der Waals surface area contributed by atoms with Crippen LogP contribution in [0.2, 0.25) is 0 Å². The number of benzene rings is 2. The van der Waals surface area contributed by atoms with Crippen LogP contribution in [0, 0.1) is 0 Å². The summed E-state index contributed by atoms with van der Waals surface area (Å²) >= 11 is 1.27. The third-order valence-corrected chi connectivity index (χ3v) is 4.41. The van der Waals surface area contributed by atoms with Gasteiger partial charge in [-0.25, -0.2) is 0 Å². The molecular formula is C17H13N5O2S. The van der Waals surface area contributed by atoms with Crippen LogP contribution in [0.1, 0.15) is 10.4 Å². The van der Waals surface area contributed by atoms with Gasteiger partial charge >= 0.3 is 0 Å². The van der Waals surface area contributed by atoms with E-state index >= 15 is 0 Å². The van der Waals surface area contributed by atoms with Crippen molar-refractivity contribution in [2.75, 3.05) is 12.4 Å². The van der Waals surface area contributed by atoms with Crippen LogP contribution in [0.3, 0.4) is 0 Å². The number of carbonyl (C=O) groups excluding carboxylic acids is 1. The minimum absolute atomic E-state index is 0.212. The summed E-state index contributed by atoms with van der Waals surface area (Å²) in [6.07, 6.45) is 0. The highest BCUT2D eigenvalue weighted by Gasteiger charge is 2.15. The van der Waals surface area contributed by atoms with Crippen molar-refractivity contribution in [1.82, 2.24) is 19.8 Å². The van der Waals surface area contributed by atoms with Gasteiger partial charge in [-0.2, -0.15) is 4.52 Å². The van der Waals surface area contributed by atoms with Gasteiger partial charge in [0.1, 0.15) is 5.75 Å². The van der Waals surface area contributed by atoms with Gasteiger partial charge in [-0.15, -0.1) is 15.3 Å². The summed E-state index contributed by atoms with van der Waals surface area (Å²) in [7, 11) is 1.62. The van der Waals surface area contributed by atoms with Gasteiger partial charge in [-0.3, -0.25) is 10.1 Å². The van der Waals surface area contributed by atoms with E-state index in [2.05, 4.69) is 20.6 Å². The van der Waals surface area contributed by atoms with Crippen molar-refractivity contribution in [1.29, 1.82) is 0 Å².